The molecule has 10 aromatic carbocycles. The van der Waals surface area contributed by atoms with E-state index in [9.17, 15) is 0 Å². The van der Waals surface area contributed by atoms with Gasteiger partial charge in [0.2, 0.25) is 0 Å². The van der Waals surface area contributed by atoms with Crippen LogP contribution in [0.25, 0.3) is 99.5 Å². The van der Waals surface area contributed by atoms with E-state index in [2.05, 4.69) is 217 Å². The average Bonchev–Trinajstić information content (AvgIpc) is 3.93. The van der Waals surface area contributed by atoms with Crippen LogP contribution in [0.2, 0.25) is 0 Å². The fourth-order valence-corrected chi connectivity index (χ4v) is 9.36. The third-order valence-electron chi connectivity index (χ3n) is 12.3. The molecular weight excluding hydrogens is 767 g/mol. The highest BCUT2D eigenvalue weighted by Gasteiger charge is 2.19. The first-order chi connectivity index (χ1) is 31.2. The predicted molar refractivity (Wildman–Crippen MR) is 263 cm³/mol. The van der Waals surface area contributed by atoms with Gasteiger partial charge in [0.25, 0.3) is 0 Å². The minimum atomic E-state index is 0.868. The standard InChI is InChI=1S/C60H39NO2/c1-2-15-40(16-3-1)46-17-4-6-19-49(46)51-21-8-9-22-52(51)50-20-7-5-18-47(50)41-29-33-43(34-30-41)61(45-37-38-59-56(39-45)54-24-11-12-27-57(54)62-59)44-35-31-42(32-36-44)48-25-14-26-55-53-23-10-13-28-58(53)63-60(48)55/h1-39H. The average molecular weight is 806 g/mol. The molecule has 0 saturated heterocycles. The quantitative estimate of drug-likeness (QED) is 0.153. The molecule has 0 N–H and O–H groups in total. The molecule has 2 heterocycles. The van der Waals surface area contributed by atoms with Crippen LogP contribution in [0.1, 0.15) is 0 Å². The van der Waals surface area contributed by atoms with Crippen molar-refractivity contribution >= 4 is 60.9 Å². The maximum absolute atomic E-state index is 6.44. The van der Waals surface area contributed by atoms with Crippen molar-refractivity contribution in [2.45, 2.75) is 0 Å². The minimum Gasteiger partial charge on any atom is -0.456 e. The maximum atomic E-state index is 6.44. The maximum Gasteiger partial charge on any atom is 0.143 e. The molecule has 63 heavy (non-hydrogen) atoms. The highest BCUT2D eigenvalue weighted by Crippen LogP contribution is 2.44. The van der Waals surface area contributed by atoms with Crippen LogP contribution in [0.3, 0.4) is 0 Å². The summed E-state index contributed by atoms with van der Waals surface area (Å²) in [4.78, 5) is 2.33. The van der Waals surface area contributed by atoms with Gasteiger partial charge in [-0.3, -0.25) is 0 Å². The van der Waals surface area contributed by atoms with Crippen LogP contribution in [-0.2, 0) is 0 Å². The summed E-state index contributed by atoms with van der Waals surface area (Å²) in [5.41, 5.74) is 18.4. The van der Waals surface area contributed by atoms with Crippen molar-refractivity contribution in [2.24, 2.45) is 0 Å². The smallest absolute Gasteiger partial charge is 0.143 e. The number of rotatable bonds is 8. The summed E-state index contributed by atoms with van der Waals surface area (Å²) in [5, 5.41) is 4.43. The first-order valence-electron chi connectivity index (χ1n) is 21.4. The number of hydrogen-bond acceptors (Lipinski definition) is 3. The second-order valence-electron chi connectivity index (χ2n) is 16.0. The highest BCUT2D eigenvalue weighted by molar-refractivity contribution is 6.10. The fourth-order valence-electron chi connectivity index (χ4n) is 9.36. The highest BCUT2D eigenvalue weighted by atomic mass is 16.3. The van der Waals surface area contributed by atoms with Crippen molar-refractivity contribution in [1.29, 1.82) is 0 Å². The number of fused-ring (bicyclic) bond motifs is 6. The third-order valence-corrected chi connectivity index (χ3v) is 12.3. The van der Waals surface area contributed by atoms with Gasteiger partial charge in [-0.1, -0.05) is 182 Å². The van der Waals surface area contributed by atoms with Gasteiger partial charge in [-0.05, 0) is 105 Å². The zero-order chi connectivity index (χ0) is 41.7. The molecule has 2 aromatic heterocycles. The SMILES string of the molecule is c1ccc(-c2ccccc2-c2ccccc2-c2ccccc2-c2ccc(N(c3ccc(-c4cccc5c4oc4ccccc45)cc3)c3ccc4oc5ccccc5c4c3)cc2)cc1. The number of nitrogens with zero attached hydrogens (tertiary/aromatic N) is 1. The second-order valence-corrected chi connectivity index (χ2v) is 16.0. The molecule has 3 nitrogen and oxygen atoms in total. The number of furan rings is 2. The topological polar surface area (TPSA) is 29.5 Å². The molecule has 0 radical (unpaired) electrons. The van der Waals surface area contributed by atoms with E-state index >= 15 is 0 Å². The van der Waals surface area contributed by atoms with Gasteiger partial charge in [0, 0.05) is 44.2 Å². The van der Waals surface area contributed by atoms with Crippen LogP contribution in [0.4, 0.5) is 17.1 Å². The van der Waals surface area contributed by atoms with Crippen LogP contribution in [0, 0.1) is 0 Å². The molecule has 12 rings (SSSR count). The van der Waals surface area contributed by atoms with E-state index in [1.54, 1.807) is 0 Å². The van der Waals surface area contributed by atoms with Crippen molar-refractivity contribution in [3.05, 3.63) is 237 Å². The molecule has 0 atom stereocenters. The number of benzene rings is 10. The van der Waals surface area contributed by atoms with Gasteiger partial charge in [-0.2, -0.15) is 0 Å². The van der Waals surface area contributed by atoms with Crippen molar-refractivity contribution in [3.63, 3.8) is 0 Å². The molecule has 0 aliphatic rings. The lowest BCUT2D eigenvalue weighted by molar-refractivity contribution is 0.669. The molecule has 0 fully saturated rings. The molecule has 296 valence electrons. The van der Waals surface area contributed by atoms with Gasteiger partial charge in [0.05, 0.1) is 0 Å². The van der Waals surface area contributed by atoms with Gasteiger partial charge in [0.1, 0.15) is 22.3 Å². The number of hydrogen-bond donors (Lipinski definition) is 0. The number of para-hydroxylation sites is 3. The van der Waals surface area contributed by atoms with Crippen LogP contribution in [-0.4, -0.2) is 0 Å². The summed E-state index contributed by atoms with van der Waals surface area (Å²) in [6.07, 6.45) is 0. The lowest BCUT2D eigenvalue weighted by Gasteiger charge is -2.26. The summed E-state index contributed by atoms with van der Waals surface area (Å²) in [5.74, 6) is 0. The molecule has 0 saturated carbocycles. The summed E-state index contributed by atoms with van der Waals surface area (Å²) in [7, 11) is 0. The number of anilines is 3. The van der Waals surface area contributed by atoms with Crippen molar-refractivity contribution < 1.29 is 8.83 Å². The third kappa shape index (κ3) is 6.38. The summed E-state index contributed by atoms with van der Waals surface area (Å²) >= 11 is 0. The molecule has 0 spiro atoms. The predicted octanol–water partition coefficient (Wildman–Crippen LogP) is 17.3. The molecule has 0 aliphatic carbocycles. The zero-order valence-corrected chi connectivity index (χ0v) is 34.3. The lowest BCUT2D eigenvalue weighted by atomic mass is 9.87. The molecule has 0 aliphatic heterocycles. The van der Waals surface area contributed by atoms with E-state index in [0.29, 0.717) is 0 Å². The monoisotopic (exact) mass is 805 g/mol. The molecule has 3 heteroatoms. The Morgan fingerprint density at radius 3 is 1.24 bits per heavy atom. The Kier molecular flexibility index (Phi) is 8.83. The Morgan fingerprint density at radius 1 is 0.238 bits per heavy atom. The zero-order valence-electron chi connectivity index (χ0n) is 34.3. The van der Waals surface area contributed by atoms with Gasteiger partial charge in [-0.25, -0.2) is 0 Å². The Hall–Kier alpha value is -8.40. The Bertz CT molecular complexity index is 3620. The summed E-state index contributed by atoms with van der Waals surface area (Å²) in [6, 6.07) is 84.1. The second kappa shape index (κ2) is 15.3. The van der Waals surface area contributed by atoms with Crippen LogP contribution < -0.4 is 4.90 Å². The summed E-state index contributed by atoms with van der Waals surface area (Å²) in [6.45, 7) is 0. The lowest BCUT2D eigenvalue weighted by Crippen LogP contribution is -2.09. The van der Waals surface area contributed by atoms with E-state index in [0.717, 1.165) is 77.6 Å². The Balaban J connectivity index is 0.957. The molecule has 0 amide bonds. The van der Waals surface area contributed by atoms with Crippen molar-refractivity contribution in [3.8, 4) is 55.6 Å². The first-order valence-corrected chi connectivity index (χ1v) is 21.4. The molecule has 0 bridgehead atoms. The van der Waals surface area contributed by atoms with E-state index in [1.807, 2.05) is 24.3 Å². The van der Waals surface area contributed by atoms with E-state index < -0.39 is 0 Å². The minimum absolute atomic E-state index is 0.868. The van der Waals surface area contributed by atoms with E-state index in [4.69, 9.17) is 8.83 Å². The van der Waals surface area contributed by atoms with Gasteiger partial charge >= 0.3 is 0 Å². The fraction of sp³-hybridized carbons (Fsp3) is 0. The van der Waals surface area contributed by atoms with Crippen LogP contribution in [0.15, 0.2) is 245 Å². The Morgan fingerprint density at radius 2 is 0.635 bits per heavy atom. The van der Waals surface area contributed by atoms with E-state index in [-0.39, 0.29) is 0 Å². The molecular formula is C60H39NO2. The molecule has 12 aromatic rings. The van der Waals surface area contributed by atoms with E-state index in [1.165, 1.54) is 38.9 Å². The Labute approximate surface area is 365 Å². The van der Waals surface area contributed by atoms with Gasteiger partial charge in [-0.15, -0.1) is 0 Å². The summed E-state index contributed by atoms with van der Waals surface area (Å²) < 4.78 is 12.7. The van der Waals surface area contributed by atoms with Crippen LogP contribution in [0.5, 0.6) is 0 Å². The van der Waals surface area contributed by atoms with Gasteiger partial charge in [0.15, 0.2) is 0 Å². The normalized spacial score (nSPS) is 11.5. The first kappa shape index (κ1) is 36.5. The van der Waals surface area contributed by atoms with Gasteiger partial charge < -0.3 is 13.7 Å². The van der Waals surface area contributed by atoms with Crippen LogP contribution >= 0.6 is 0 Å². The van der Waals surface area contributed by atoms with Crippen molar-refractivity contribution in [2.75, 3.05) is 4.90 Å². The van der Waals surface area contributed by atoms with Crippen molar-refractivity contribution in [1.82, 2.24) is 0 Å². The molecule has 0 unspecified atom stereocenters. The largest absolute Gasteiger partial charge is 0.456 e.